The SMILES string of the molecule is c1ccn(-c2cncc(N3CC4CNCC4C3)c2)c1. The van der Waals surface area contributed by atoms with Gasteiger partial charge in [0.1, 0.15) is 0 Å². The molecular weight excluding hydrogens is 236 g/mol. The lowest BCUT2D eigenvalue weighted by atomic mass is 10.0. The zero-order valence-electron chi connectivity index (χ0n) is 10.9. The molecule has 4 nitrogen and oxygen atoms in total. The molecule has 0 aromatic carbocycles. The lowest BCUT2D eigenvalue weighted by molar-refractivity contribution is 0.533. The highest BCUT2D eigenvalue weighted by Crippen LogP contribution is 2.30. The second-order valence-electron chi connectivity index (χ2n) is 5.58. The number of hydrogen-bond acceptors (Lipinski definition) is 3. The Kier molecular flexibility index (Phi) is 2.55. The quantitative estimate of drug-likeness (QED) is 0.882. The van der Waals surface area contributed by atoms with Crippen LogP contribution in [0.2, 0.25) is 0 Å². The molecule has 1 N–H and O–H groups in total. The lowest BCUT2D eigenvalue weighted by Crippen LogP contribution is -2.25. The summed E-state index contributed by atoms with van der Waals surface area (Å²) in [6.45, 7) is 4.67. The molecule has 2 saturated heterocycles. The van der Waals surface area contributed by atoms with Crippen molar-refractivity contribution in [1.29, 1.82) is 0 Å². The molecule has 2 atom stereocenters. The first kappa shape index (κ1) is 11.1. The number of rotatable bonds is 2. The summed E-state index contributed by atoms with van der Waals surface area (Å²) >= 11 is 0. The van der Waals surface area contributed by atoms with Crippen LogP contribution in [0.5, 0.6) is 0 Å². The monoisotopic (exact) mass is 254 g/mol. The largest absolute Gasteiger partial charge is 0.370 e. The van der Waals surface area contributed by atoms with Gasteiger partial charge in [0.2, 0.25) is 0 Å². The van der Waals surface area contributed by atoms with Crippen molar-refractivity contribution in [3.63, 3.8) is 0 Å². The van der Waals surface area contributed by atoms with Gasteiger partial charge in [-0.25, -0.2) is 0 Å². The fourth-order valence-corrected chi connectivity index (χ4v) is 3.30. The number of fused-ring (bicyclic) bond motifs is 1. The van der Waals surface area contributed by atoms with E-state index in [4.69, 9.17) is 0 Å². The van der Waals surface area contributed by atoms with Crippen molar-refractivity contribution in [3.8, 4) is 5.69 Å². The van der Waals surface area contributed by atoms with Crippen molar-refractivity contribution in [2.24, 2.45) is 11.8 Å². The van der Waals surface area contributed by atoms with Crippen LogP contribution in [0.1, 0.15) is 0 Å². The first-order chi connectivity index (χ1) is 9.40. The number of hydrogen-bond donors (Lipinski definition) is 1. The van der Waals surface area contributed by atoms with Crippen LogP contribution in [0.4, 0.5) is 5.69 Å². The molecule has 4 rings (SSSR count). The minimum Gasteiger partial charge on any atom is -0.370 e. The molecule has 2 fully saturated rings. The van der Waals surface area contributed by atoms with Gasteiger partial charge in [0.25, 0.3) is 0 Å². The highest BCUT2D eigenvalue weighted by Gasteiger charge is 2.36. The molecule has 2 aromatic rings. The highest BCUT2D eigenvalue weighted by atomic mass is 15.2. The van der Waals surface area contributed by atoms with Gasteiger partial charge in [-0.05, 0) is 30.0 Å². The van der Waals surface area contributed by atoms with Gasteiger partial charge in [0.05, 0.1) is 23.8 Å². The second kappa shape index (κ2) is 4.38. The van der Waals surface area contributed by atoms with Crippen LogP contribution in [0.25, 0.3) is 5.69 Å². The third-order valence-electron chi connectivity index (χ3n) is 4.37. The van der Waals surface area contributed by atoms with Gasteiger partial charge in [-0.15, -0.1) is 0 Å². The van der Waals surface area contributed by atoms with E-state index in [0.29, 0.717) is 0 Å². The van der Waals surface area contributed by atoms with E-state index in [0.717, 1.165) is 30.6 Å². The van der Waals surface area contributed by atoms with Gasteiger partial charge in [0.15, 0.2) is 0 Å². The Hall–Kier alpha value is -1.81. The number of nitrogens with zero attached hydrogens (tertiary/aromatic N) is 3. The van der Waals surface area contributed by atoms with Crippen molar-refractivity contribution < 1.29 is 0 Å². The summed E-state index contributed by atoms with van der Waals surface area (Å²) < 4.78 is 2.11. The van der Waals surface area contributed by atoms with Crippen molar-refractivity contribution in [2.75, 3.05) is 31.1 Å². The standard InChI is InChI=1S/C15H18N4/c1-2-4-18(3-1)14-5-15(9-17-8-14)19-10-12-6-16-7-13(12)11-19/h1-5,8-9,12-13,16H,6-7,10-11H2. The van der Waals surface area contributed by atoms with Gasteiger partial charge >= 0.3 is 0 Å². The molecule has 0 radical (unpaired) electrons. The second-order valence-corrected chi connectivity index (χ2v) is 5.58. The minimum atomic E-state index is 0.815. The van der Waals surface area contributed by atoms with Crippen LogP contribution in [-0.4, -0.2) is 35.7 Å². The van der Waals surface area contributed by atoms with Crippen LogP contribution in [0.3, 0.4) is 0 Å². The Bertz CT molecular complexity index is 551. The number of nitrogens with one attached hydrogen (secondary N) is 1. The van der Waals surface area contributed by atoms with Gasteiger partial charge in [-0.1, -0.05) is 0 Å². The van der Waals surface area contributed by atoms with Crippen molar-refractivity contribution in [1.82, 2.24) is 14.9 Å². The molecule has 0 spiro atoms. The summed E-state index contributed by atoms with van der Waals surface area (Å²) in [6, 6.07) is 6.32. The zero-order valence-corrected chi connectivity index (χ0v) is 10.9. The molecule has 19 heavy (non-hydrogen) atoms. The smallest absolute Gasteiger partial charge is 0.0654 e. The van der Waals surface area contributed by atoms with Gasteiger partial charge in [0, 0.05) is 38.6 Å². The van der Waals surface area contributed by atoms with Crippen molar-refractivity contribution in [2.45, 2.75) is 0 Å². The maximum Gasteiger partial charge on any atom is 0.0654 e. The Labute approximate surface area is 113 Å². The van der Waals surface area contributed by atoms with E-state index in [1.807, 2.05) is 24.5 Å². The van der Waals surface area contributed by atoms with E-state index < -0.39 is 0 Å². The van der Waals surface area contributed by atoms with Gasteiger partial charge in [-0.3, -0.25) is 4.98 Å². The van der Waals surface area contributed by atoms with E-state index in [2.05, 4.69) is 38.2 Å². The van der Waals surface area contributed by atoms with E-state index >= 15 is 0 Å². The van der Waals surface area contributed by atoms with E-state index in [1.165, 1.54) is 18.8 Å². The Morgan fingerprint density at radius 2 is 1.68 bits per heavy atom. The van der Waals surface area contributed by atoms with E-state index in [1.54, 1.807) is 0 Å². The zero-order chi connectivity index (χ0) is 12.7. The molecule has 2 unspecified atom stereocenters. The molecule has 0 bridgehead atoms. The van der Waals surface area contributed by atoms with Crippen LogP contribution < -0.4 is 10.2 Å². The van der Waals surface area contributed by atoms with Crippen LogP contribution >= 0.6 is 0 Å². The first-order valence-electron chi connectivity index (χ1n) is 6.94. The van der Waals surface area contributed by atoms with Crippen molar-refractivity contribution >= 4 is 5.69 Å². The summed E-state index contributed by atoms with van der Waals surface area (Å²) in [5.74, 6) is 1.63. The molecule has 4 heteroatoms. The summed E-state index contributed by atoms with van der Waals surface area (Å²) in [6.07, 6.45) is 8.02. The minimum absolute atomic E-state index is 0.815. The summed E-state index contributed by atoms with van der Waals surface area (Å²) in [7, 11) is 0. The number of pyridine rings is 1. The number of aromatic nitrogens is 2. The lowest BCUT2D eigenvalue weighted by Gasteiger charge is -2.20. The predicted molar refractivity (Wildman–Crippen MR) is 75.6 cm³/mol. The molecule has 98 valence electrons. The molecule has 4 heterocycles. The topological polar surface area (TPSA) is 33.1 Å². The Morgan fingerprint density at radius 3 is 2.42 bits per heavy atom. The molecule has 2 aliphatic rings. The van der Waals surface area contributed by atoms with Crippen molar-refractivity contribution in [3.05, 3.63) is 43.0 Å². The molecule has 2 aromatic heterocycles. The summed E-state index contributed by atoms with van der Waals surface area (Å²) in [5.41, 5.74) is 2.39. The fraction of sp³-hybridized carbons (Fsp3) is 0.400. The summed E-state index contributed by atoms with van der Waals surface area (Å²) in [4.78, 5) is 6.88. The molecule has 2 aliphatic heterocycles. The average molecular weight is 254 g/mol. The maximum absolute atomic E-state index is 4.40. The van der Waals surface area contributed by atoms with Crippen LogP contribution in [0.15, 0.2) is 43.0 Å². The van der Waals surface area contributed by atoms with Gasteiger partial charge in [-0.2, -0.15) is 0 Å². The third kappa shape index (κ3) is 1.92. The average Bonchev–Trinajstić information content (AvgIpc) is 3.15. The number of anilines is 1. The van der Waals surface area contributed by atoms with E-state index in [-0.39, 0.29) is 0 Å². The Morgan fingerprint density at radius 1 is 1.00 bits per heavy atom. The Balaban J connectivity index is 1.60. The van der Waals surface area contributed by atoms with Crippen LogP contribution in [-0.2, 0) is 0 Å². The molecule has 0 saturated carbocycles. The third-order valence-corrected chi connectivity index (χ3v) is 4.37. The molecular formula is C15H18N4. The maximum atomic E-state index is 4.40. The van der Waals surface area contributed by atoms with Crippen LogP contribution in [0, 0.1) is 11.8 Å². The fourth-order valence-electron chi connectivity index (χ4n) is 3.30. The van der Waals surface area contributed by atoms with Gasteiger partial charge < -0.3 is 14.8 Å². The highest BCUT2D eigenvalue weighted by molar-refractivity contribution is 5.52. The normalized spacial score (nSPS) is 25.8. The predicted octanol–water partition coefficient (Wildman–Crippen LogP) is 1.53. The summed E-state index contributed by atoms with van der Waals surface area (Å²) in [5, 5.41) is 3.48. The van der Waals surface area contributed by atoms with E-state index in [9.17, 15) is 0 Å². The molecule has 0 aliphatic carbocycles. The molecule has 0 amide bonds. The first-order valence-corrected chi connectivity index (χ1v) is 6.94.